The Morgan fingerprint density at radius 2 is 2.17 bits per heavy atom. The second-order valence-electron chi connectivity index (χ2n) is 5.64. The second-order valence-corrected chi connectivity index (χ2v) is 5.64. The van der Waals surface area contributed by atoms with Crippen molar-refractivity contribution in [3.8, 4) is 0 Å². The van der Waals surface area contributed by atoms with Gasteiger partial charge in [-0.25, -0.2) is 4.39 Å². The van der Waals surface area contributed by atoms with Gasteiger partial charge in [0.05, 0.1) is 11.9 Å². The maximum Gasteiger partial charge on any atom is 0.264 e. The zero-order valence-electron chi connectivity index (χ0n) is 13.6. The van der Waals surface area contributed by atoms with E-state index in [4.69, 9.17) is 4.84 Å². The van der Waals surface area contributed by atoms with Crippen molar-refractivity contribution in [2.45, 2.75) is 39.5 Å². The van der Waals surface area contributed by atoms with E-state index < -0.39 is 6.10 Å². The first-order valence-corrected chi connectivity index (χ1v) is 7.86. The molecule has 1 N–H and O–H groups in total. The van der Waals surface area contributed by atoms with Crippen LogP contribution in [0, 0.1) is 12.7 Å². The summed E-state index contributed by atoms with van der Waals surface area (Å²) in [5, 5.41) is 11.1. The standard InChI is InChI=1S/C17H19FN4O2/c1-3-22-11(2)14(10-20-22)15-8-16(24-21-15)17(23)19-9-12-4-6-13(18)7-5-12/h4-7,10,16H,3,8-9H2,1-2H3,(H,19,23)/t16-/m1/s1. The van der Waals surface area contributed by atoms with Gasteiger partial charge < -0.3 is 10.2 Å². The van der Waals surface area contributed by atoms with Crippen LogP contribution in [0.5, 0.6) is 0 Å². The summed E-state index contributed by atoms with van der Waals surface area (Å²) in [6.45, 7) is 5.08. The number of halogens is 1. The van der Waals surface area contributed by atoms with Crippen LogP contribution in [0.3, 0.4) is 0 Å². The Labute approximate surface area is 139 Å². The van der Waals surface area contributed by atoms with Crippen molar-refractivity contribution in [1.29, 1.82) is 0 Å². The highest BCUT2D eigenvalue weighted by Crippen LogP contribution is 2.19. The lowest BCUT2D eigenvalue weighted by Crippen LogP contribution is -2.34. The molecular formula is C17H19FN4O2. The van der Waals surface area contributed by atoms with Gasteiger partial charge >= 0.3 is 0 Å². The molecule has 24 heavy (non-hydrogen) atoms. The molecule has 1 aromatic carbocycles. The molecular weight excluding hydrogens is 311 g/mol. The average Bonchev–Trinajstić information content (AvgIpc) is 3.20. The molecule has 126 valence electrons. The number of carbonyl (C=O) groups excluding carboxylic acids is 1. The molecule has 1 aliphatic heterocycles. The third-order valence-corrected chi connectivity index (χ3v) is 4.05. The first kappa shape index (κ1) is 16.2. The molecule has 0 spiro atoms. The van der Waals surface area contributed by atoms with Crippen molar-refractivity contribution in [3.63, 3.8) is 0 Å². The highest BCUT2D eigenvalue weighted by Gasteiger charge is 2.30. The Hall–Kier alpha value is -2.70. The smallest absolute Gasteiger partial charge is 0.264 e. The average molecular weight is 330 g/mol. The second kappa shape index (κ2) is 6.82. The van der Waals surface area contributed by atoms with Gasteiger partial charge in [0.2, 0.25) is 6.10 Å². The monoisotopic (exact) mass is 330 g/mol. The number of hydrogen-bond acceptors (Lipinski definition) is 4. The summed E-state index contributed by atoms with van der Waals surface area (Å²) in [5.74, 6) is -0.538. The van der Waals surface area contributed by atoms with Gasteiger partial charge in [-0.1, -0.05) is 17.3 Å². The van der Waals surface area contributed by atoms with Gasteiger partial charge in [-0.05, 0) is 31.5 Å². The van der Waals surface area contributed by atoms with Gasteiger partial charge in [0.1, 0.15) is 5.82 Å². The minimum atomic E-state index is -0.648. The Morgan fingerprint density at radius 3 is 2.83 bits per heavy atom. The Bertz CT molecular complexity index is 767. The summed E-state index contributed by atoms with van der Waals surface area (Å²) in [6, 6.07) is 6.00. The lowest BCUT2D eigenvalue weighted by Gasteiger charge is -2.09. The molecule has 2 aromatic rings. The molecule has 0 bridgehead atoms. The molecule has 0 fully saturated rings. The molecule has 0 saturated heterocycles. The normalized spacial score (nSPS) is 16.6. The first-order valence-electron chi connectivity index (χ1n) is 7.86. The fourth-order valence-corrected chi connectivity index (χ4v) is 2.63. The number of rotatable bonds is 5. The first-order chi connectivity index (χ1) is 11.6. The molecule has 1 aromatic heterocycles. The predicted molar refractivity (Wildman–Crippen MR) is 86.9 cm³/mol. The van der Waals surface area contributed by atoms with Crippen LogP contribution in [0.4, 0.5) is 4.39 Å². The summed E-state index contributed by atoms with van der Waals surface area (Å²) in [5.41, 5.74) is 3.47. The van der Waals surface area contributed by atoms with Crippen LogP contribution in [-0.2, 0) is 22.7 Å². The van der Waals surface area contributed by atoms with E-state index >= 15 is 0 Å². The van der Waals surface area contributed by atoms with Crippen molar-refractivity contribution in [1.82, 2.24) is 15.1 Å². The van der Waals surface area contributed by atoms with Gasteiger partial charge in [0.25, 0.3) is 5.91 Å². The largest absolute Gasteiger partial charge is 0.382 e. The zero-order valence-corrected chi connectivity index (χ0v) is 13.6. The molecule has 1 aliphatic rings. The summed E-state index contributed by atoms with van der Waals surface area (Å²) in [4.78, 5) is 17.5. The highest BCUT2D eigenvalue weighted by atomic mass is 19.1. The lowest BCUT2D eigenvalue weighted by molar-refractivity contribution is -0.131. The number of oxime groups is 1. The SMILES string of the molecule is CCn1ncc(C2=NO[C@@H](C(=O)NCc3ccc(F)cc3)C2)c1C. The van der Waals surface area contributed by atoms with E-state index in [9.17, 15) is 9.18 Å². The summed E-state index contributed by atoms with van der Waals surface area (Å²) in [6.07, 6.45) is 1.51. The van der Waals surface area contributed by atoms with Gasteiger partial charge in [-0.15, -0.1) is 0 Å². The van der Waals surface area contributed by atoms with Gasteiger partial charge in [0.15, 0.2) is 0 Å². The molecule has 1 amide bonds. The number of nitrogens with zero attached hydrogens (tertiary/aromatic N) is 3. The van der Waals surface area contributed by atoms with Crippen LogP contribution in [0.15, 0.2) is 35.6 Å². The number of aryl methyl sites for hydroxylation is 1. The number of aromatic nitrogens is 2. The van der Waals surface area contributed by atoms with Crippen LogP contribution in [-0.4, -0.2) is 27.5 Å². The topological polar surface area (TPSA) is 68.5 Å². The van der Waals surface area contributed by atoms with E-state index in [0.717, 1.165) is 29.1 Å². The molecule has 0 aliphatic carbocycles. The zero-order chi connectivity index (χ0) is 17.1. The molecule has 0 saturated carbocycles. The summed E-state index contributed by atoms with van der Waals surface area (Å²) >= 11 is 0. The number of nitrogens with one attached hydrogen (secondary N) is 1. The fourth-order valence-electron chi connectivity index (χ4n) is 2.63. The molecule has 2 heterocycles. The maximum atomic E-state index is 12.9. The number of hydrogen-bond donors (Lipinski definition) is 1. The molecule has 7 heteroatoms. The van der Waals surface area contributed by atoms with E-state index in [-0.39, 0.29) is 11.7 Å². The van der Waals surface area contributed by atoms with E-state index in [1.807, 2.05) is 18.5 Å². The van der Waals surface area contributed by atoms with Crippen molar-refractivity contribution in [2.75, 3.05) is 0 Å². The number of carbonyl (C=O) groups is 1. The Morgan fingerprint density at radius 1 is 1.42 bits per heavy atom. The predicted octanol–water partition coefficient (Wildman–Crippen LogP) is 2.16. The molecule has 0 radical (unpaired) electrons. The van der Waals surface area contributed by atoms with Crippen LogP contribution < -0.4 is 5.32 Å². The van der Waals surface area contributed by atoms with Crippen LogP contribution in [0.2, 0.25) is 0 Å². The molecule has 0 unspecified atom stereocenters. The third-order valence-electron chi connectivity index (χ3n) is 4.05. The van der Waals surface area contributed by atoms with Gasteiger partial charge in [-0.2, -0.15) is 5.10 Å². The van der Waals surface area contributed by atoms with Gasteiger partial charge in [0, 0.05) is 30.8 Å². The van der Waals surface area contributed by atoms with Crippen LogP contribution in [0.1, 0.15) is 30.2 Å². The van der Waals surface area contributed by atoms with Crippen molar-refractivity contribution in [2.24, 2.45) is 5.16 Å². The minimum absolute atomic E-state index is 0.237. The Balaban J connectivity index is 1.57. The lowest BCUT2D eigenvalue weighted by atomic mass is 10.1. The van der Waals surface area contributed by atoms with E-state index in [0.29, 0.717) is 13.0 Å². The minimum Gasteiger partial charge on any atom is -0.382 e. The quantitative estimate of drug-likeness (QED) is 0.913. The Kier molecular flexibility index (Phi) is 4.59. The van der Waals surface area contributed by atoms with Gasteiger partial charge in [-0.3, -0.25) is 9.48 Å². The van der Waals surface area contributed by atoms with E-state index in [1.165, 1.54) is 12.1 Å². The van der Waals surface area contributed by atoms with Crippen molar-refractivity contribution < 1.29 is 14.0 Å². The number of amides is 1. The van der Waals surface area contributed by atoms with Crippen LogP contribution in [0.25, 0.3) is 0 Å². The van der Waals surface area contributed by atoms with Crippen molar-refractivity contribution >= 4 is 11.6 Å². The summed E-state index contributed by atoms with van der Waals surface area (Å²) < 4.78 is 14.7. The fraction of sp³-hybridized carbons (Fsp3) is 0.353. The van der Waals surface area contributed by atoms with Crippen LogP contribution >= 0.6 is 0 Å². The summed E-state index contributed by atoms with van der Waals surface area (Å²) in [7, 11) is 0. The maximum absolute atomic E-state index is 12.9. The number of benzene rings is 1. The molecule has 3 rings (SSSR count). The highest BCUT2D eigenvalue weighted by molar-refractivity contribution is 6.04. The van der Waals surface area contributed by atoms with E-state index in [1.54, 1.807) is 18.3 Å². The van der Waals surface area contributed by atoms with Crippen molar-refractivity contribution in [3.05, 3.63) is 53.1 Å². The molecule has 1 atom stereocenters. The third kappa shape index (κ3) is 3.29. The molecule has 6 nitrogen and oxygen atoms in total. The van der Waals surface area contributed by atoms with E-state index in [2.05, 4.69) is 15.6 Å².